The molecule has 4 N–H and O–H groups in total. The summed E-state index contributed by atoms with van der Waals surface area (Å²) < 4.78 is 32.7. The molecular weight excluding hydrogens is 778 g/mol. The maximum absolute atomic E-state index is 12.6. The SMILES string of the molecule is CCCCC/C=C\C/C=C\CC(O)/C=C\C=C\CCCC(=O)O[C@H](COC(=O)CCCCCCCCCCCCCCCCCCCCCCC)COP(=O)(O)OCCN. The molecular formula is C49H90NO9P. The van der Waals surface area contributed by atoms with Crippen molar-refractivity contribution in [1.29, 1.82) is 0 Å². The van der Waals surface area contributed by atoms with E-state index in [0.29, 0.717) is 25.7 Å². The molecule has 0 aliphatic carbocycles. The summed E-state index contributed by atoms with van der Waals surface area (Å²) >= 11 is 0. The zero-order chi connectivity index (χ0) is 44.0. The summed E-state index contributed by atoms with van der Waals surface area (Å²) in [4.78, 5) is 35.0. The number of phosphoric ester groups is 1. The molecule has 10 nitrogen and oxygen atoms in total. The Morgan fingerprint density at radius 3 is 1.65 bits per heavy atom. The third-order valence-electron chi connectivity index (χ3n) is 10.3. The first-order valence-electron chi connectivity index (χ1n) is 24.2. The van der Waals surface area contributed by atoms with Crippen LogP contribution in [-0.2, 0) is 32.7 Å². The molecule has 0 heterocycles. The summed E-state index contributed by atoms with van der Waals surface area (Å²) in [5, 5.41) is 10.1. The molecule has 0 aromatic carbocycles. The first-order valence-corrected chi connectivity index (χ1v) is 25.7. The van der Waals surface area contributed by atoms with E-state index in [0.717, 1.165) is 25.7 Å². The number of aliphatic hydroxyl groups excluding tert-OH is 1. The van der Waals surface area contributed by atoms with E-state index in [1.165, 1.54) is 135 Å². The van der Waals surface area contributed by atoms with Crippen LogP contribution in [0.25, 0.3) is 0 Å². The molecule has 0 aliphatic rings. The van der Waals surface area contributed by atoms with Crippen molar-refractivity contribution in [2.75, 3.05) is 26.4 Å². The van der Waals surface area contributed by atoms with E-state index in [4.69, 9.17) is 24.3 Å². The van der Waals surface area contributed by atoms with Gasteiger partial charge in [-0.2, -0.15) is 0 Å². The lowest BCUT2D eigenvalue weighted by molar-refractivity contribution is -0.161. The number of phosphoric acid groups is 1. The fourth-order valence-corrected chi connectivity index (χ4v) is 7.42. The van der Waals surface area contributed by atoms with Gasteiger partial charge in [-0.3, -0.25) is 18.6 Å². The Morgan fingerprint density at radius 1 is 0.583 bits per heavy atom. The van der Waals surface area contributed by atoms with Crippen LogP contribution in [0.1, 0.15) is 213 Å². The highest BCUT2D eigenvalue weighted by Gasteiger charge is 2.26. The van der Waals surface area contributed by atoms with E-state index < -0.39 is 38.6 Å². The topological polar surface area (TPSA) is 155 Å². The van der Waals surface area contributed by atoms with Gasteiger partial charge in [0.15, 0.2) is 6.10 Å². The van der Waals surface area contributed by atoms with E-state index in [2.05, 4.69) is 32.1 Å². The summed E-state index contributed by atoms with van der Waals surface area (Å²) in [6.45, 7) is 3.56. The third-order valence-corrected chi connectivity index (χ3v) is 11.3. The maximum Gasteiger partial charge on any atom is 0.472 e. The molecule has 2 unspecified atom stereocenters. The number of ether oxygens (including phenoxy) is 2. The molecule has 0 aromatic rings. The van der Waals surface area contributed by atoms with Gasteiger partial charge >= 0.3 is 19.8 Å². The Morgan fingerprint density at radius 2 is 1.08 bits per heavy atom. The molecule has 0 saturated carbocycles. The number of hydrogen-bond donors (Lipinski definition) is 3. The number of carbonyl (C=O) groups excluding carboxylic acids is 2. The highest BCUT2D eigenvalue weighted by atomic mass is 31.2. The zero-order valence-corrected chi connectivity index (χ0v) is 39.2. The summed E-state index contributed by atoms with van der Waals surface area (Å²) in [5.41, 5.74) is 5.35. The third kappa shape index (κ3) is 44.0. The van der Waals surface area contributed by atoms with E-state index in [-0.39, 0.29) is 32.6 Å². The fraction of sp³-hybridized carbons (Fsp3) is 0.796. The predicted molar refractivity (Wildman–Crippen MR) is 249 cm³/mol. The molecule has 3 atom stereocenters. The number of hydrogen-bond acceptors (Lipinski definition) is 9. The van der Waals surface area contributed by atoms with Gasteiger partial charge in [0.1, 0.15) is 6.61 Å². The molecule has 0 aromatic heterocycles. The number of aliphatic hydroxyl groups is 1. The van der Waals surface area contributed by atoms with Crippen molar-refractivity contribution in [3.63, 3.8) is 0 Å². The zero-order valence-electron chi connectivity index (χ0n) is 38.3. The van der Waals surface area contributed by atoms with Crippen molar-refractivity contribution < 1.29 is 42.7 Å². The Bertz CT molecular complexity index is 1140. The molecule has 0 radical (unpaired) electrons. The van der Waals surface area contributed by atoms with E-state index in [1.807, 2.05) is 18.2 Å². The highest BCUT2D eigenvalue weighted by Crippen LogP contribution is 2.43. The van der Waals surface area contributed by atoms with Gasteiger partial charge < -0.3 is 25.2 Å². The van der Waals surface area contributed by atoms with E-state index >= 15 is 0 Å². The van der Waals surface area contributed by atoms with Gasteiger partial charge in [-0.1, -0.05) is 204 Å². The monoisotopic (exact) mass is 868 g/mol. The summed E-state index contributed by atoms with van der Waals surface area (Å²) in [7, 11) is -4.42. The first kappa shape index (κ1) is 57.9. The minimum Gasteiger partial charge on any atom is -0.462 e. The summed E-state index contributed by atoms with van der Waals surface area (Å²) in [5.74, 6) is -0.952. The van der Waals surface area contributed by atoms with Crippen molar-refractivity contribution in [2.24, 2.45) is 5.73 Å². The normalized spacial score (nSPS) is 14.2. The number of esters is 2. The molecule has 60 heavy (non-hydrogen) atoms. The van der Waals surface area contributed by atoms with Gasteiger partial charge in [0.2, 0.25) is 0 Å². The average molecular weight is 868 g/mol. The number of allylic oxidation sites excluding steroid dienone is 6. The van der Waals surface area contributed by atoms with Crippen LogP contribution in [0.2, 0.25) is 0 Å². The van der Waals surface area contributed by atoms with E-state index in [1.54, 1.807) is 12.2 Å². The van der Waals surface area contributed by atoms with Crippen LogP contribution in [0, 0.1) is 0 Å². The van der Waals surface area contributed by atoms with E-state index in [9.17, 15) is 24.2 Å². The minimum absolute atomic E-state index is 0.0308. The van der Waals surface area contributed by atoms with Gasteiger partial charge in [-0.05, 0) is 44.9 Å². The summed E-state index contributed by atoms with van der Waals surface area (Å²) in [6, 6.07) is 0. The quantitative estimate of drug-likeness (QED) is 0.0177. The van der Waals surface area contributed by atoms with Gasteiger partial charge in [-0.25, -0.2) is 4.57 Å². The van der Waals surface area contributed by atoms with Crippen molar-refractivity contribution in [1.82, 2.24) is 0 Å². The second-order valence-corrected chi connectivity index (χ2v) is 17.6. The summed E-state index contributed by atoms with van der Waals surface area (Å²) in [6.07, 6.45) is 48.9. The average Bonchev–Trinajstić information content (AvgIpc) is 3.23. The van der Waals surface area contributed by atoms with Gasteiger partial charge in [0.05, 0.1) is 19.3 Å². The van der Waals surface area contributed by atoms with Crippen LogP contribution < -0.4 is 5.73 Å². The highest BCUT2D eigenvalue weighted by molar-refractivity contribution is 7.47. The molecule has 0 saturated heterocycles. The molecule has 0 spiro atoms. The van der Waals surface area contributed by atoms with Crippen molar-refractivity contribution in [3.8, 4) is 0 Å². The van der Waals surface area contributed by atoms with Crippen LogP contribution >= 0.6 is 7.82 Å². The van der Waals surface area contributed by atoms with Gasteiger partial charge in [-0.15, -0.1) is 0 Å². The number of nitrogens with two attached hydrogens (primary N) is 1. The van der Waals surface area contributed by atoms with Crippen molar-refractivity contribution >= 4 is 19.8 Å². The number of unbranched alkanes of at least 4 members (excludes halogenated alkanes) is 24. The Kier molecular flexibility index (Phi) is 43.4. The molecule has 0 aliphatic heterocycles. The Balaban J connectivity index is 4.20. The largest absolute Gasteiger partial charge is 0.472 e. The lowest BCUT2D eigenvalue weighted by Gasteiger charge is -2.19. The van der Waals surface area contributed by atoms with Crippen LogP contribution in [0.15, 0.2) is 48.6 Å². The second-order valence-electron chi connectivity index (χ2n) is 16.2. The molecule has 0 amide bonds. The maximum atomic E-state index is 12.6. The molecule has 0 fully saturated rings. The number of rotatable bonds is 45. The van der Waals surface area contributed by atoms with Crippen LogP contribution in [0.4, 0.5) is 0 Å². The van der Waals surface area contributed by atoms with Gasteiger partial charge in [0.25, 0.3) is 0 Å². The smallest absolute Gasteiger partial charge is 0.462 e. The first-order chi connectivity index (χ1) is 29.2. The molecule has 0 bridgehead atoms. The van der Waals surface area contributed by atoms with Gasteiger partial charge in [0, 0.05) is 19.4 Å². The Hall–Kier alpha value is -2.07. The van der Waals surface area contributed by atoms with Crippen LogP contribution in [0.5, 0.6) is 0 Å². The van der Waals surface area contributed by atoms with Crippen LogP contribution in [0.3, 0.4) is 0 Å². The molecule has 0 rings (SSSR count). The standard InChI is InChI=1S/C49H90NO9P/c1-3-5-7-9-11-13-14-15-16-17-18-19-20-21-22-23-24-26-28-32-36-40-48(52)56-44-47(45-58-60(54,55)57-43-42-50)59-49(53)41-37-33-29-31-35-39-46(51)38-34-30-27-25-12-10-8-6-4-2/h12,25,29-31,34-35,39,46-47,51H,3-11,13-24,26-28,32-33,36-38,40-45,50H2,1-2H3,(H,54,55)/b25-12-,31-29+,34-30-,39-35-/t46?,47-/m1/s1. The van der Waals surface area contributed by atoms with Crippen molar-refractivity contribution in [2.45, 2.75) is 225 Å². The lowest BCUT2D eigenvalue weighted by Crippen LogP contribution is -2.29. The lowest BCUT2D eigenvalue weighted by atomic mass is 10.0. The van der Waals surface area contributed by atoms with Crippen LogP contribution in [-0.4, -0.2) is 60.5 Å². The Labute approximate surface area is 367 Å². The van der Waals surface area contributed by atoms with Crippen molar-refractivity contribution in [3.05, 3.63) is 48.6 Å². The predicted octanol–water partition coefficient (Wildman–Crippen LogP) is 13.3. The molecule has 350 valence electrons. The number of carbonyl (C=O) groups is 2. The molecule has 11 heteroatoms. The second kappa shape index (κ2) is 45.0. The fourth-order valence-electron chi connectivity index (χ4n) is 6.65. The minimum atomic E-state index is -4.42.